The zero-order chi connectivity index (χ0) is 20.9. The highest BCUT2D eigenvalue weighted by Gasteiger charge is 2.17. The van der Waals surface area contributed by atoms with E-state index in [-0.39, 0.29) is 12.1 Å². The molecule has 0 spiro atoms. The second-order valence-electron chi connectivity index (χ2n) is 7.19. The number of nitrogens with one attached hydrogen (secondary N) is 2. The van der Waals surface area contributed by atoms with Crippen molar-refractivity contribution in [3.63, 3.8) is 0 Å². The van der Waals surface area contributed by atoms with Crippen molar-refractivity contribution >= 4 is 17.5 Å². The average molecular weight is 407 g/mol. The third kappa shape index (κ3) is 4.37. The van der Waals surface area contributed by atoms with Crippen LogP contribution in [0.15, 0.2) is 48.5 Å². The van der Waals surface area contributed by atoms with E-state index >= 15 is 0 Å². The fraction of sp³-hybridized carbons (Fsp3) is 0.273. The number of hydrogen-bond acceptors (Lipinski definition) is 4. The number of hydrogen-bond donors (Lipinski definition) is 2. The van der Waals surface area contributed by atoms with Crippen LogP contribution in [0.5, 0.6) is 0 Å². The lowest BCUT2D eigenvalue weighted by molar-refractivity contribution is -0.115. The molecule has 7 nitrogen and oxygen atoms in total. The summed E-state index contributed by atoms with van der Waals surface area (Å²) in [5, 5.41) is 13.8. The Hall–Kier alpha value is -3.55. The smallest absolute Gasteiger partial charge is 0.254 e. The second kappa shape index (κ2) is 8.86. The van der Waals surface area contributed by atoms with Gasteiger partial charge in [-0.1, -0.05) is 30.7 Å². The number of halogens is 1. The first kappa shape index (κ1) is 19.8. The predicted octanol–water partition coefficient (Wildman–Crippen LogP) is 3.18. The van der Waals surface area contributed by atoms with E-state index in [1.807, 2.05) is 18.2 Å². The Kier molecular flexibility index (Phi) is 5.83. The Morgan fingerprint density at radius 2 is 1.90 bits per heavy atom. The molecule has 0 bridgehead atoms. The quantitative estimate of drug-likeness (QED) is 0.680. The summed E-state index contributed by atoms with van der Waals surface area (Å²) in [4.78, 5) is 24.3. The molecule has 1 aliphatic rings. The lowest BCUT2D eigenvalue weighted by Crippen LogP contribution is -2.33. The van der Waals surface area contributed by atoms with Crippen molar-refractivity contribution in [1.82, 2.24) is 20.1 Å². The molecule has 2 amide bonds. The Morgan fingerprint density at radius 3 is 2.77 bits per heavy atom. The summed E-state index contributed by atoms with van der Waals surface area (Å²) < 4.78 is 15.8. The van der Waals surface area contributed by atoms with Crippen LogP contribution in [-0.2, 0) is 17.8 Å². The number of rotatable bonds is 5. The minimum Gasteiger partial charge on any atom is -0.343 e. The Balaban J connectivity index is 1.41. The molecule has 8 heteroatoms. The molecule has 1 aliphatic heterocycles. The van der Waals surface area contributed by atoms with Gasteiger partial charge in [0.15, 0.2) is 5.82 Å². The number of aromatic nitrogens is 3. The molecule has 0 saturated carbocycles. The lowest BCUT2D eigenvalue weighted by atomic mass is 10.2. The highest BCUT2D eigenvalue weighted by Crippen LogP contribution is 2.24. The van der Waals surface area contributed by atoms with Crippen molar-refractivity contribution in [2.75, 3.05) is 11.9 Å². The SMILES string of the molecule is O=C(CNC(=O)c1ccccc1F)Nc1cccc(-c2nnc3n2CCCCC3)c1. The summed E-state index contributed by atoms with van der Waals surface area (Å²) >= 11 is 0. The molecule has 4 rings (SSSR count). The first-order valence-corrected chi connectivity index (χ1v) is 9.97. The molecule has 2 aromatic carbocycles. The zero-order valence-corrected chi connectivity index (χ0v) is 16.4. The van der Waals surface area contributed by atoms with E-state index in [2.05, 4.69) is 25.4 Å². The monoisotopic (exact) mass is 407 g/mol. The van der Waals surface area contributed by atoms with Crippen LogP contribution < -0.4 is 10.6 Å². The van der Waals surface area contributed by atoms with E-state index in [0.29, 0.717) is 5.69 Å². The van der Waals surface area contributed by atoms with Crippen LogP contribution in [0.4, 0.5) is 10.1 Å². The van der Waals surface area contributed by atoms with Crippen molar-refractivity contribution in [2.45, 2.75) is 32.2 Å². The fourth-order valence-electron chi connectivity index (χ4n) is 3.54. The van der Waals surface area contributed by atoms with Crippen molar-refractivity contribution in [1.29, 1.82) is 0 Å². The van der Waals surface area contributed by atoms with E-state index in [4.69, 9.17) is 0 Å². The van der Waals surface area contributed by atoms with Crippen LogP contribution in [0.1, 0.15) is 35.4 Å². The summed E-state index contributed by atoms with van der Waals surface area (Å²) in [5.41, 5.74) is 1.35. The Morgan fingerprint density at radius 1 is 1.03 bits per heavy atom. The molecule has 0 aliphatic carbocycles. The number of carbonyl (C=O) groups is 2. The van der Waals surface area contributed by atoms with Gasteiger partial charge in [0.1, 0.15) is 11.6 Å². The Bertz CT molecular complexity index is 1080. The number of nitrogens with zero attached hydrogens (tertiary/aromatic N) is 3. The highest BCUT2D eigenvalue weighted by molar-refractivity contribution is 5.99. The van der Waals surface area contributed by atoms with Gasteiger partial charge in [-0.15, -0.1) is 10.2 Å². The predicted molar refractivity (Wildman–Crippen MR) is 110 cm³/mol. The van der Waals surface area contributed by atoms with E-state index in [1.165, 1.54) is 24.6 Å². The van der Waals surface area contributed by atoms with Crippen LogP contribution in [0, 0.1) is 5.82 Å². The molecule has 2 heterocycles. The van der Waals surface area contributed by atoms with Crippen LogP contribution in [0.25, 0.3) is 11.4 Å². The number of benzene rings is 2. The van der Waals surface area contributed by atoms with E-state index in [1.54, 1.807) is 12.1 Å². The third-order valence-electron chi connectivity index (χ3n) is 5.04. The summed E-state index contributed by atoms with van der Waals surface area (Å²) in [6, 6.07) is 13.0. The first-order chi connectivity index (χ1) is 14.6. The van der Waals surface area contributed by atoms with Gasteiger partial charge in [0, 0.05) is 24.2 Å². The van der Waals surface area contributed by atoms with Crippen molar-refractivity contribution in [2.24, 2.45) is 0 Å². The lowest BCUT2D eigenvalue weighted by Gasteiger charge is -2.10. The van der Waals surface area contributed by atoms with Gasteiger partial charge in [-0.2, -0.15) is 0 Å². The number of aryl methyl sites for hydroxylation is 1. The molecule has 0 atom stereocenters. The molecular formula is C22H22FN5O2. The van der Waals surface area contributed by atoms with Gasteiger partial charge in [0.05, 0.1) is 12.1 Å². The largest absolute Gasteiger partial charge is 0.343 e. The van der Waals surface area contributed by atoms with Crippen molar-refractivity contribution < 1.29 is 14.0 Å². The number of anilines is 1. The van der Waals surface area contributed by atoms with Crippen LogP contribution in [0.3, 0.4) is 0 Å². The number of fused-ring (bicyclic) bond motifs is 1. The topological polar surface area (TPSA) is 88.9 Å². The molecular weight excluding hydrogens is 385 g/mol. The summed E-state index contributed by atoms with van der Waals surface area (Å²) in [6.45, 7) is 0.619. The highest BCUT2D eigenvalue weighted by atomic mass is 19.1. The molecule has 2 N–H and O–H groups in total. The van der Waals surface area contributed by atoms with Gasteiger partial charge in [0.25, 0.3) is 5.91 Å². The van der Waals surface area contributed by atoms with Crippen molar-refractivity contribution in [3.8, 4) is 11.4 Å². The minimum atomic E-state index is -0.636. The fourth-order valence-corrected chi connectivity index (χ4v) is 3.54. The van der Waals surface area contributed by atoms with E-state index in [0.717, 1.165) is 43.0 Å². The maximum atomic E-state index is 13.7. The second-order valence-corrected chi connectivity index (χ2v) is 7.19. The average Bonchev–Trinajstić information content (AvgIpc) is 3.01. The standard InChI is InChI=1S/C22H22FN5O2/c23-18-10-4-3-9-17(18)22(30)24-14-20(29)25-16-8-6-7-15(13-16)21-27-26-19-11-2-1-5-12-28(19)21/h3-4,6-10,13H,1-2,5,11-12,14H2,(H,24,30)(H,25,29). The molecule has 0 saturated heterocycles. The number of carbonyl (C=O) groups excluding carboxylic acids is 2. The van der Waals surface area contributed by atoms with Crippen molar-refractivity contribution in [3.05, 3.63) is 65.7 Å². The summed E-state index contributed by atoms with van der Waals surface area (Å²) in [5.74, 6) is 0.110. The van der Waals surface area contributed by atoms with Crippen LogP contribution in [0.2, 0.25) is 0 Å². The summed E-state index contributed by atoms with van der Waals surface area (Å²) in [6.07, 6.45) is 4.31. The molecule has 1 aromatic heterocycles. The normalized spacial score (nSPS) is 13.2. The Labute approximate surface area is 173 Å². The maximum Gasteiger partial charge on any atom is 0.254 e. The minimum absolute atomic E-state index is 0.0974. The van der Waals surface area contributed by atoms with Gasteiger partial charge in [0.2, 0.25) is 5.91 Å². The van der Waals surface area contributed by atoms with Crippen LogP contribution in [-0.4, -0.2) is 33.1 Å². The van der Waals surface area contributed by atoms with Gasteiger partial charge in [-0.05, 0) is 37.1 Å². The molecule has 0 fully saturated rings. The summed E-state index contributed by atoms with van der Waals surface area (Å²) in [7, 11) is 0. The molecule has 30 heavy (non-hydrogen) atoms. The van der Waals surface area contributed by atoms with Crippen LogP contribution >= 0.6 is 0 Å². The number of amides is 2. The third-order valence-corrected chi connectivity index (χ3v) is 5.04. The van der Waals surface area contributed by atoms with E-state index in [9.17, 15) is 14.0 Å². The maximum absolute atomic E-state index is 13.7. The van der Waals surface area contributed by atoms with Gasteiger partial charge >= 0.3 is 0 Å². The first-order valence-electron chi connectivity index (χ1n) is 9.97. The molecule has 0 radical (unpaired) electrons. The molecule has 0 unspecified atom stereocenters. The molecule has 3 aromatic rings. The van der Waals surface area contributed by atoms with Gasteiger partial charge < -0.3 is 15.2 Å². The zero-order valence-electron chi connectivity index (χ0n) is 16.4. The van der Waals surface area contributed by atoms with Gasteiger partial charge in [-0.3, -0.25) is 9.59 Å². The molecule has 154 valence electrons. The van der Waals surface area contributed by atoms with Gasteiger partial charge in [-0.25, -0.2) is 4.39 Å². The van der Waals surface area contributed by atoms with E-state index < -0.39 is 17.6 Å².